The number of methoxy groups -OCH3 is 1. The van der Waals surface area contributed by atoms with Crippen LogP contribution in [0.25, 0.3) is 0 Å². The molecule has 7 heteroatoms. The number of nitrogens with two attached hydrogens (primary N) is 1. The van der Waals surface area contributed by atoms with Crippen molar-refractivity contribution in [1.82, 2.24) is 0 Å². The molecule has 1 aromatic rings. The molecule has 1 atom stereocenters. The molecular weight excluding hydrogens is 250 g/mol. The molecule has 0 amide bonds. The van der Waals surface area contributed by atoms with Crippen LogP contribution in [0.2, 0.25) is 0 Å². The Labute approximate surface area is 110 Å². The lowest BCUT2D eigenvalue weighted by Crippen LogP contribution is -2.28. The molecule has 0 aromatic heterocycles. The third-order valence-corrected chi connectivity index (χ3v) is 2.88. The van der Waals surface area contributed by atoms with E-state index in [2.05, 4.69) is 4.99 Å². The van der Waals surface area contributed by atoms with Gasteiger partial charge in [0.15, 0.2) is 0 Å². The number of nitro groups is 1. The lowest BCUT2D eigenvalue weighted by atomic mass is 10.1. The monoisotopic (exact) mass is 265 g/mol. The van der Waals surface area contributed by atoms with Crippen molar-refractivity contribution >= 4 is 11.5 Å². The molecule has 2 rings (SSSR count). The predicted molar refractivity (Wildman–Crippen MR) is 68.8 cm³/mol. The Bertz CT molecular complexity index is 544. The lowest BCUT2D eigenvalue weighted by Gasteiger charge is -2.25. The summed E-state index contributed by atoms with van der Waals surface area (Å²) in [6.07, 6.45) is 0.794. The fourth-order valence-corrected chi connectivity index (χ4v) is 1.98. The van der Waals surface area contributed by atoms with E-state index in [1.807, 2.05) is 6.92 Å². The summed E-state index contributed by atoms with van der Waals surface area (Å²) in [5.41, 5.74) is 6.83. The summed E-state index contributed by atoms with van der Waals surface area (Å²) < 4.78 is 11.0. The molecule has 1 aliphatic heterocycles. The molecule has 2 N–H and O–H groups in total. The molecule has 1 aromatic carbocycles. The Morgan fingerprint density at radius 1 is 1.53 bits per heavy atom. The molecule has 1 aliphatic rings. The number of rotatable bonds is 5. The number of amidine groups is 1. The van der Waals surface area contributed by atoms with Crippen LogP contribution in [0, 0.1) is 10.1 Å². The molecular formula is C12H15N3O4. The third kappa shape index (κ3) is 2.18. The van der Waals surface area contributed by atoms with Crippen LogP contribution in [0.15, 0.2) is 23.2 Å². The standard InChI is InChI=1S/C12H15N3O4/c1-3-6-19-12(18-2)10-5-4-8(15(16)17)7-9(10)11(13)14-12/h4-5,7H,3,6H2,1-2H3,(H2,13,14). The highest BCUT2D eigenvalue weighted by molar-refractivity contribution is 6.02. The number of hydrogen-bond donors (Lipinski definition) is 1. The van der Waals surface area contributed by atoms with Crippen molar-refractivity contribution in [2.75, 3.05) is 13.7 Å². The summed E-state index contributed by atoms with van der Waals surface area (Å²) in [6.45, 7) is 2.41. The number of non-ortho nitro benzene ring substituents is 1. The quantitative estimate of drug-likeness (QED) is 0.494. The van der Waals surface area contributed by atoms with E-state index in [0.29, 0.717) is 17.7 Å². The van der Waals surface area contributed by atoms with Crippen LogP contribution < -0.4 is 5.73 Å². The highest BCUT2D eigenvalue weighted by Crippen LogP contribution is 2.38. The van der Waals surface area contributed by atoms with Gasteiger partial charge in [0, 0.05) is 30.4 Å². The van der Waals surface area contributed by atoms with Gasteiger partial charge in [0.05, 0.1) is 11.5 Å². The summed E-state index contributed by atoms with van der Waals surface area (Å²) in [6, 6.07) is 4.33. The van der Waals surface area contributed by atoms with Gasteiger partial charge in [-0.2, -0.15) is 0 Å². The molecule has 102 valence electrons. The lowest BCUT2D eigenvalue weighted by molar-refractivity contribution is -0.384. The van der Waals surface area contributed by atoms with E-state index in [-0.39, 0.29) is 11.5 Å². The fourth-order valence-electron chi connectivity index (χ4n) is 1.98. The number of aliphatic imine (C=N–C) groups is 1. The fraction of sp³-hybridized carbons (Fsp3) is 0.417. The Balaban J connectivity index is 2.48. The van der Waals surface area contributed by atoms with Gasteiger partial charge < -0.3 is 15.2 Å². The number of fused-ring (bicyclic) bond motifs is 1. The van der Waals surface area contributed by atoms with E-state index >= 15 is 0 Å². The number of nitro benzene ring substituents is 1. The average Bonchev–Trinajstić information content (AvgIpc) is 2.69. The van der Waals surface area contributed by atoms with Gasteiger partial charge in [-0.25, -0.2) is 4.99 Å². The first-order chi connectivity index (χ1) is 9.04. The van der Waals surface area contributed by atoms with Crippen molar-refractivity contribution in [2.24, 2.45) is 10.7 Å². The van der Waals surface area contributed by atoms with E-state index in [4.69, 9.17) is 15.2 Å². The summed E-state index contributed by atoms with van der Waals surface area (Å²) in [5, 5.41) is 10.8. The average molecular weight is 265 g/mol. The second-order valence-corrected chi connectivity index (χ2v) is 4.12. The smallest absolute Gasteiger partial charge is 0.300 e. The molecule has 0 saturated heterocycles. The van der Waals surface area contributed by atoms with Gasteiger partial charge in [-0.1, -0.05) is 6.92 Å². The maximum absolute atomic E-state index is 10.8. The van der Waals surface area contributed by atoms with Crippen LogP contribution in [0.3, 0.4) is 0 Å². The van der Waals surface area contributed by atoms with E-state index in [9.17, 15) is 10.1 Å². The number of benzene rings is 1. The zero-order chi connectivity index (χ0) is 14.0. The summed E-state index contributed by atoms with van der Waals surface area (Å²) in [7, 11) is 1.46. The Morgan fingerprint density at radius 3 is 2.84 bits per heavy atom. The summed E-state index contributed by atoms with van der Waals surface area (Å²) in [5.74, 6) is -1.11. The van der Waals surface area contributed by atoms with Gasteiger partial charge in [-0.3, -0.25) is 10.1 Å². The van der Waals surface area contributed by atoms with Crippen LogP contribution in [0.1, 0.15) is 24.5 Å². The number of ether oxygens (including phenoxy) is 2. The van der Waals surface area contributed by atoms with Gasteiger partial charge in [0.1, 0.15) is 5.84 Å². The first-order valence-corrected chi connectivity index (χ1v) is 5.87. The van der Waals surface area contributed by atoms with E-state index in [1.165, 1.54) is 19.2 Å². The first kappa shape index (κ1) is 13.4. The SMILES string of the molecule is CCCOC1(OC)N=C(N)c2cc([N+](=O)[O-])ccc21. The van der Waals surface area contributed by atoms with Crippen LogP contribution in [0.4, 0.5) is 5.69 Å². The Kier molecular flexibility index (Phi) is 3.50. The maximum Gasteiger partial charge on any atom is 0.300 e. The maximum atomic E-state index is 10.8. The number of hydrogen-bond acceptors (Lipinski definition) is 6. The van der Waals surface area contributed by atoms with Crippen molar-refractivity contribution < 1.29 is 14.4 Å². The largest absolute Gasteiger partial charge is 0.383 e. The van der Waals surface area contributed by atoms with Crippen LogP contribution in [0.5, 0.6) is 0 Å². The van der Waals surface area contributed by atoms with Crippen molar-refractivity contribution in [3.05, 3.63) is 39.4 Å². The molecule has 19 heavy (non-hydrogen) atoms. The molecule has 0 spiro atoms. The Morgan fingerprint density at radius 2 is 2.26 bits per heavy atom. The molecule has 0 radical (unpaired) electrons. The van der Waals surface area contributed by atoms with E-state index in [1.54, 1.807) is 6.07 Å². The van der Waals surface area contributed by atoms with Gasteiger partial charge in [-0.15, -0.1) is 0 Å². The van der Waals surface area contributed by atoms with E-state index < -0.39 is 10.8 Å². The molecule has 0 bridgehead atoms. The van der Waals surface area contributed by atoms with Crippen LogP contribution >= 0.6 is 0 Å². The second kappa shape index (κ2) is 4.94. The molecule has 0 saturated carbocycles. The normalized spacial score (nSPS) is 21.1. The van der Waals surface area contributed by atoms with Gasteiger partial charge in [0.2, 0.25) is 0 Å². The molecule has 0 fully saturated rings. The number of nitrogens with zero attached hydrogens (tertiary/aromatic N) is 2. The highest BCUT2D eigenvalue weighted by atomic mass is 16.7. The zero-order valence-corrected chi connectivity index (χ0v) is 10.8. The minimum atomic E-state index is -1.29. The van der Waals surface area contributed by atoms with Crippen LogP contribution in [-0.4, -0.2) is 24.5 Å². The molecule has 1 heterocycles. The minimum absolute atomic E-state index is 0.0423. The van der Waals surface area contributed by atoms with Crippen molar-refractivity contribution in [3.63, 3.8) is 0 Å². The minimum Gasteiger partial charge on any atom is -0.383 e. The molecule has 7 nitrogen and oxygen atoms in total. The van der Waals surface area contributed by atoms with Gasteiger partial charge in [0.25, 0.3) is 11.6 Å². The van der Waals surface area contributed by atoms with Crippen molar-refractivity contribution in [3.8, 4) is 0 Å². The highest BCUT2D eigenvalue weighted by Gasteiger charge is 2.41. The third-order valence-electron chi connectivity index (χ3n) is 2.88. The molecule has 1 unspecified atom stereocenters. The van der Waals surface area contributed by atoms with Crippen molar-refractivity contribution in [1.29, 1.82) is 0 Å². The first-order valence-electron chi connectivity index (χ1n) is 5.87. The van der Waals surface area contributed by atoms with Crippen molar-refractivity contribution in [2.45, 2.75) is 19.3 Å². The predicted octanol–water partition coefficient (Wildman–Crippen LogP) is 1.50. The topological polar surface area (TPSA) is 100.0 Å². The van der Waals surface area contributed by atoms with E-state index in [0.717, 1.165) is 6.42 Å². The Hall–Kier alpha value is -1.99. The van der Waals surface area contributed by atoms with Gasteiger partial charge >= 0.3 is 0 Å². The van der Waals surface area contributed by atoms with Crippen LogP contribution in [-0.2, 0) is 15.4 Å². The molecule has 0 aliphatic carbocycles. The van der Waals surface area contributed by atoms with Gasteiger partial charge in [-0.05, 0) is 12.5 Å². The zero-order valence-electron chi connectivity index (χ0n) is 10.8. The second-order valence-electron chi connectivity index (χ2n) is 4.12. The summed E-state index contributed by atoms with van der Waals surface area (Å²) in [4.78, 5) is 14.5. The summed E-state index contributed by atoms with van der Waals surface area (Å²) >= 11 is 0.